The maximum Gasteiger partial charge on any atom is 0.338 e. The first-order valence-electron chi connectivity index (χ1n) is 8.64. The molecule has 0 aromatic heterocycles. The van der Waals surface area contributed by atoms with Crippen LogP contribution in [0.25, 0.3) is 0 Å². The summed E-state index contributed by atoms with van der Waals surface area (Å²) in [5, 5.41) is 20.6. The largest absolute Gasteiger partial charge is 0.457 e. The van der Waals surface area contributed by atoms with E-state index in [-0.39, 0.29) is 30.9 Å². The SMILES string of the molecule is Cc1ccc([N+](=O)[O-])c(COC(=O)c2ccc(CN3CC(O)NS3(O)O)cc2)c1. The second-order valence-electron chi connectivity index (χ2n) is 6.64. The first kappa shape index (κ1) is 21.2. The summed E-state index contributed by atoms with van der Waals surface area (Å²) in [6, 6.07) is 10.9. The zero-order chi connectivity index (χ0) is 21.2. The van der Waals surface area contributed by atoms with Crippen LogP contribution in [-0.2, 0) is 17.9 Å². The van der Waals surface area contributed by atoms with Crippen LogP contribution in [-0.4, -0.2) is 42.2 Å². The van der Waals surface area contributed by atoms with Gasteiger partial charge >= 0.3 is 5.97 Å². The van der Waals surface area contributed by atoms with Crippen LogP contribution in [0.5, 0.6) is 0 Å². The number of rotatable bonds is 6. The van der Waals surface area contributed by atoms with Crippen LogP contribution in [0.15, 0.2) is 42.5 Å². The third kappa shape index (κ3) is 5.09. The number of nitrogens with one attached hydrogen (secondary N) is 1. The molecule has 0 radical (unpaired) electrons. The van der Waals surface area contributed by atoms with Gasteiger partial charge in [0.15, 0.2) is 0 Å². The number of benzene rings is 2. The number of aryl methyl sites for hydroxylation is 1. The highest BCUT2D eigenvalue weighted by atomic mass is 32.3. The second-order valence-corrected chi connectivity index (χ2v) is 8.43. The minimum atomic E-state index is -3.23. The highest BCUT2D eigenvalue weighted by Gasteiger charge is 2.34. The van der Waals surface area contributed by atoms with E-state index in [1.165, 1.54) is 22.5 Å². The van der Waals surface area contributed by atoms with Crippen molar-refractivity contribution in [1.82, 2.24) is 9.03 Å². The molecule has 2 aromatic carbocycles. The van der Waals surface area contributed by atoms with E-state index >= 15 is 0 Å². The quantitative estimate of drug-likeness (QED) is 0.313. The predicted molar refractivity (Wildman–Crippen MR) is 106 cm³/mol. The van der Waals surface area contributed by atoms with Crippen LogP contribution in [0.3, 0.4) is 0 Å². The van der Waals surface area contributed by atoms with Crippen LogP contribution >= 0.6 is 11.0 Å². The number of esters is 1. The average molecular weight is 423 g/mol. The van der Waals surface area contributed by atoms with Gasteiger partial charge in [0.25, 0.3) is 5.69 Å². The van der Waals surface area contributed by atoms with Gasteiger partial charge in [0.05, 0.1) is 22.6 Å². The fraction of sp³-hybridized carbons (Fsp3) is 0.278. The molecule has 11 heteroatoms. The number of nitro groups is 1. The van der Waals surface area contributed by atoms with Crippen LogP contribution in [0.2, 0.25) is 0 Å². The van der Waals surface area contributed by atoms with E-state index in [9.17, 15) is 29.1 Å². The lowest BCUT2D eigenvalue weighted by molar-refractivity contribution is -0.385. The highest BCUT2D eigenvalue weighted by Crippen LogP contribution is 2.44. The van der Waals surface area contributed by atoms with Gasteiger partial charge in [0, 0.05) is 12.6 Å². The van der Waals surface area contributed by atoms with Crippen molar-refractivity contribution in [3.05, 3.63) is 74.8 Å². The molecule has 1 saturated heterocycles. The molecule has 29 heavy (non-hydrogen) atoms. The molecule has 1 atom stereocenters. The Kier molecular flexibility index (Phi) is 6.17. The van der Waals surface area contributed by atoms with Crippen molar-refractivity contribution < 1.29 is 28.7 Å². The van der Waals surface area contributed by atoms with Crippen molar-refractivity contribution >= 4 is 22.6 Å². The minimum Gasteiger partial charge on any atom is -0.457 e. The number of hydrogen-bond acceptors (Lipinski definition) is 9. The second kappa shape index (κ2) is 8.45. The Labute approximate surface area is 168 Å². The van der Waals surface area contributed by atoms with E-state index < -0.39 is 28.1 Å². The maximum atomic E-state index is 12.3. The zero-order valence-corrected chi connectivity index (χ0v) is 16.3. The fourth-order valence-corrected chi connectivity index (χ4v) is 4.20. The van der Waals surface area contributed by atoms with Gasteiger partial charge in [0.1, 0.15) is 12.8 Å². The summed E-state index contributed by atoms with van der Waals surface area (Å²) in [4.78, 5) is 22.8. The normalized spacial score (nSPS) is 19.7. The van der Waals surface area contributed by atoms with E-state index in [1.807, 2.05) is 0 Å². The lowest BCUT2D eigenvalue weighted by atomic mass is 10.1. The van der Waals surface area contributed by atoms with Crippen molar-refractivity contribution in [2.24, 2.45) is 0 Å². The Balaban J connectivity index is 1.63. The van der Waals surface area contributed by atoms with Crippen LogP contribution in [0.1, 0.15) is 27.0 Å². The molecule has 10 nitrogen and oxygen atoms in total. The van der Waals surface area contributed by atoms with Gasteiger partial charge in [-0.25, -0.2) is 4.79 Å². The van der Waals surface area contributed by atoms with E-state index in [0.29, 0.717) is 11.1 Å². The lowest BCUT2D eigenvalue weighted by Crippen LogP contribution is -2.25. The van der Waals surface area contributed by atoms with Gasteiger partial charge in [-0.15, -0.1) is 0 Å². The first-order valence-corrected chi connectivity index (χ1v) is 10.1. The summed E-state index contributed by atoms with van der Waals surface area (Å²) in [6.07, 6.45) is -1.03. The molecule has 4 N–H and O–H groups in total. The minimum absolute atomic E-state index is 0.0569. The summed E-state index contributed by atoms with van der Waals surface area (Å²) in [5.41, 5.74) is 1.98. The van der Waals surface area contributed by atoms with Crippen molar-refractivity contribution in [2.45, 2.75) is 26.3 Å². The molecule has 0 bridgehead atoms. The summed E-state index contributed by atoms with van der Waals surface area (Å²) < 4.78 is 28.5. The molecule has 1 aliphatic heterocycles. The molecule has 0 saturated carbocycles. The zero-order valence-electron chi connectivity index (χ0n) is 15.5. The fourth-order valence-electron chi connectivity index (χ4n) is 2.93. The molecule has 156 valence electrons. The summed E-state index contributed by atoms with van der Waals surface area (Å²) in [6.45, 7) is 1.78. The Bertz CT molecular complexity index is 920. The first-order chi connectivity index (χ1) is 13.7. The van der Waals surface area contributed by atoms with Crippen molar-refractivity contribution in [3.63, 3.8) is 0 Å². The smallest absolute Gasteiger partial charge is 0.338 e. The molecule has 1 aliphatic rings. The maximum absolute atomic E-state index is 12.3. The van der Waals surface area contributed by atoms with Crippen molar-refractivity contribution in [2.75, 3.05) is 6.54 Å². The monoisotopic (exact) mass is 423 g/mol. The number of nitrogens with zero attached hydrogens (tertiary/aromatic N) is 2. The summed E-state index contributed by atoms with van der Waals surface area (Å²) >= 11 is 0. The molecule has 3 rings (SSSR count). The molecule has 1 heterocycles. The number of hydrogen-bond donors (Lipinski definition) is 4. The molecule has 0 spiro atoms. The summed E-state index contributed by atoms with van der Waals surface area (Å²) in [7, 11) is -3.23. The standard InChI is InChI=1S/C18H21N3O7S/c1-12-2-7-16(21(24)25)15(8-12)11-28-18(23)14-5-3-13(4-6-14)9-20-10-17(22)19-29(20,26)27/h2-8,17,19,22,26-27H,9-11H2,1H3. The number of nitro benzene ring substituents is 1. The number of aliphatic hydroxyl groups is 1. The van der Waals surface area contributed by atoms with E-state index in [0.717, 1.165) is 5.56 Å². The van der Waals surface area contributed by atoms with Crippen LogP contribution in [0, 0.1) is 17.0 Å². The van der Waals surface area contributed by atoms with Gasteiger partial charge in [-0.1, -0.05) is 34.7 Å². The van der Waals surface area contributed by atoms with Gasteiger partial charge in [-0.3, -0.25) is 19.2 Å². The Hall–Kier alpha value is -2.54. The van der Waals surface area contributed by atoms with Crippen LogP contribution in [0.4, 0.5) is 5.69 Å². The molecule has 1 unspecified atom stereocenters. The van der Waals surface area contributed by atoms with Crippen molar-refractivity contribution in [1.29, 1.82) is 0 Å². The average Bonchev–Trinajstić information content (AvgIpc) is 2.91. The van der Waals surface area contributed by atoms with Gasteiger partial charge in [-0.2, -0.15) is 9.03 Å². The molecule has 1 fully saturated rings. The van der Waals surface area contributed by atoms with Crippen molar-refractivity contribution in [3.8, 4) is 0 Å². The number of aliphatic hydroxyl groups excluding tert-OH is 1. The molecule has 0 aliphatic carbocycles. The number of carbonyl (C=O) groups excluding carboxylic acids is 1. The number of ether oxygens (including phenoxy) is 1. The number of carbonyl (C=O) groups is 1. The lowest BCUT2D eigenvalue weighted by Gasteiger charge is -2.35. The van der Waals surface area contributed by atoms with Gasteiger partial charge < -0.3 is 9.84 Å². The predicted octanol–water partition coefficient (Wildman–Crippen LogP) is 2.56. The van der Waals surface area contributed by atoms with E-state index in [4.69, 9.17) is 4.74 Å². The molecular weight excluding hydrogens is 402 g/mol. The topological polar surface area (TPSA) is 145 Å². The Morgan fingerprint density at radius 1 is 1.31 bits per heavy atom. The van der Waals surface area contributed by atoms with E-state index in [2.05, 4.69) is 4.72 Å². The molecular formula is C18H21N3O7S. The third-order valence-corrected chi connectivity index (χ3v) is 5.96. The highest BCUT2D eigenvalue weighted by molar-refractivity contribution is 8.20. The third-order valence-electron chi connectivity index (χ3n) is 4.37. The Morgan fingerprint density at radius 2 is 2.00 bits per heavy atom. The number of β-amino-alcohol motifs (C(OH)–C–C–N with tert-alkyl or cyclic N) is 1. The van der Waals surface area contributed by atoms with E-state index in [1.54, 1.807) is 31.2 Å². The van der Waals surface area contributed by atoms with Crippen LogP contribution < -0.4 is 4.72 Å². The summed E-state index contributed by atoms with van der Waals surface area (Å²) in [5.74, 6) is -0.630. The Morgan fingerprint density at radius 3 is 2.59 bits per heavy atom. The van der Waals surface area contributed by atoms with Gasteiger partial charge in [0.2, 0.25) is 0 Å². The molecule has 2 aromatic rings. The van der Waals surface area contributed by atoms with Gasteiger partial charge in [-0.05, 0) is 30.7 Å². The molecule has 0 amide bonds.